The van der Waals surface area contributed by atoms with Crippen LogP contribution < -0.4 is 5.32 Å². The Labute approximate surface area is 82.5 Å². The van der Waals surface area contributed by atoms with Gasteiger partial charge in [0, 0.05) is 38.1 Å². The van der Waals surface area contributed by atoms with Crippen LogP contribution in [-0.2, 0) is 20.1 Å². The topological polar surface area (TPSA) is 43.0 Å². The van der Waals surface area contributed by atoms with Crippen molar-refractivity contribution in [3.63, 3.8) is 0 Å². The van der Waals surface area contributed by atoms with E-state index in [1.807, 2.05) is 25.4 Å². The molecular formula is C10H13N3O. The Morgan fingerprint density at radius 1 is 1.43 bits per heavy atom. The maximum atomic E-state index is 4.73. The molecular weight excluding hydrogens is 178 g/mol. The minimum Gasteiger partial charge on any atom is -0.364 e. The van der Waals surface area contributed by atoms with Crippen LogP contribution >= 0.6 is 0 Å². The van der Waals surface area contributed by atoms with E-state index in [1.54, 1.807) is 6.26 Å². The Hall–Kier alpha value is -1.55. The van der Waals surface area contributed by atoms with Gasteiger partial charge in [0.1, 0.15) is 6.26 Å². The lowest BCUT2D eigenvalue weighted by molar-refractivity contribution is 0.408. The number of rotatable bonds is 4. The molecule has 0 aromatic carbocycles. The Morgan fingerprint density at radius 2 is 2.36 bits per heavy atom. The third kappa shape index (κ3) is 2.03. The Morgan fingerprint density at radius 3 is 3.00 bits per heavy atom. The van der Waals surface area contributed by atoms with Gasteiger partial charge in [0.05, 0.1) is 5.69 Å². The average Bonchev–Trinajstić information content (AvgIpc) is 2.78. The monoisotopic (exact) mass is 191 g/mol. The summed E-state index contributed by atoms with van der Waals surface area (Å²) in [6.45, 7) is 1.58. The van der Waals surface area contributed by atoms with Crippen LogP contribution in [-0.4, -0.2) is 9.72 Å². The van der Waals surface area contributed by atoms with Gasteiger partial charge in [-0.25, -0.2) is 0 Å². The van der Waals surface area contributed by atoms with Crippen molar-refractivity contribution in [2.75, 3.05) is 0 Å². The fourth-order valence-corrected chi connectivity index (χ4v) is 1.33. The van der Waals surface area contributed by atoms with Gasteiger partial charge in [0.25, 0.3) is 0 Å². The number of aryl methyl sites for hydroxylation is 1. The molecule has 2 rings (SSSR count). The maximum Gasteiger partial charge on any atom is 0.124 e. The molecule has 0 saturated carbocycles. The van der Waals surface area contributed by atoms with E-state index in [1.165, 1.54) is 5.69 Å². The summed E-state index contributed by atoms with van der Waals surface area (Å²) in [4.78, 5) is 0. The highest BCUT2D eigenvalue weighted by Gasteiger charge is 1.98. The molecule has 0 atom stereocenters. The zero-order chi connectivity index (χ0) is 9.80. The van der Waals surface area contributed by atoms with Crippen molar-refractivity contribution in [3.8, 4) is 0 Å². The molecule has 0 spiro atoms. The molecule has 0 radical (unpaired) electrons. The lowest BCUT2D eigenvalue weighted by Crippen LogP contribution is -2.14. The number of aromatic nitrogens is 2. The van der Waals surface area contributed by atoms with Gasteiger partial charge in [-0.05, 0) is 12.1 Å². The summed E-state index contributed by atoms with van der Waals surface area (Å²) in [6.07, 6.45) is 3.62. The summed E-state index contributed by atoms with van der Waals surface area (Å²) in [7, 11) is 2.03. The molecule has 0 aliphatic rings. The average molecular weight is 191 g/mol. The zero-order valence-corrected chi connectivity index (χ0v) is 8.10. The molecule has 4 nitrogen and oxygen atoms in total. The van der Waals surface area contributed by atoms with Crippen LogP contribution in [0.2, 0.25) is 0 Å². The summed E-state index contributed by atoms with van der Waals surface area (Å²) in [5, 5.41) is 7.10. The van der Waals surface area contributed by atoms with Gasteiger partial charge in [-0.3, -0.25) is 0 Å². The fraction of sp³-hybridized carbons (Fsp3) is 0.300. The second kappa shape index (κ2) is 4.11. The molecule has 0 saturated heterocycles. The predicted octanol–water partition coefficient (Wildman–Crippen LogP) is 1.30. The number of hydrogen-bond donors (Lipinski definition) is 1. The molecule has 2 aromatic heterocycles. The van der Waals surface area contributed by atoms with E-state index in [0.29, 0.717) is 0 Å². The molecule has 1 N–H and O–H groups in total. The maximum absolute atomic E-state index is 4.73. The highest BCUT2D eigenvalue weighted by atomic mass is 16.5. The second-order valence-electron chi connectivity index (χ2n) is 3.20. The summed E-state index contributed by atoms with van der Waals surface area (Å²) in [5.41, 5.74) is 2.19. The van der Waals surface area contributed by atoms with E-state index in [0.717, 1.165) is 18.8 Å². The van der Waals surface area contributed by atoms with Gasteiger partial charge in [-0.15, -0.1) is 0 Å². The molecule has 4 heteroatoms. The SMILES string of the molecule is Cn1cccc1CNCc1ccon1. The highest BCUT2D eigenvalue weighted by Crippen LogP contribution is 1.99. The van der Waals surface area contributed by atoms with E-state index in [4.69, 9.17) is 4.52 Å². The normalized spacial score (nSPS) is 10.6. The third-order valence-electron chi connectivity index (χ3n) is 2.15. The Bertz CT molecular complexity index is 378. The summed E-state index contributed by atoms with van der Waals surface area (Å²) < 4.78 is 6.82. The summed E-state index contributed by atoms with van der Waals surface area (Å²) in [5.74, 6) is 0. The molecule has 74 valence electrons. The van der Waals surface area contributed by atoms with Gasteiger partial charge in [0.15, 0.2) is 0 Å². The van der Waals surface area contributed by atoms with Crippen molar-refractivity contribution in [2.24, 2.45) is 7.05 Å². The minimum atomic E-state index is 0.738. The van der Waals surface area contributed by atoms with Gasteiger partial charge >= 0.3 is 0 Å². The van der Waals surface area contributed by atoms with E-state index in [-0.39, 0.29) is 0 Å². The molecule has 14 heavy (non-hydrogen) atoms. The number of nitrogens with zero attached hydrogens (tertiary/aromatic N) is 2. The fourth-order valence-electron chi connectivity index (χ4n) is 1.33. The van der Waals surface area contributed by atoms with Crippen LogP contribution in [0.3, 0.4) is 0 Å². The van der Waals surface area contributed by atoms with Gasteiger partial charge in [-0.2, -0.15) is 0 Å². The first-order valence-corrected chi connectivity index (χ1v) is 4.56. The predicted molar refractivity (Wildman–Crippen MR) is 52.5 cm³/mol. The second-order valence-corrected chi connectivity index (χ2v) is 3.20. The lowest BCUT2D eigenvalue weighted by atomic mass is 10.4. The molecule has 0 bridgehead atoms. The van der Waals surface area contributed by atoms with E-state index < -0.39 is 0 Å². The van der Waals surface area contributed by atoms with Crippen LogP contribution in [0.4, 0.5) is 0 Å². The van der Waals surface area contributed by atoms with Crippen molar-refractivity contribution >= 4 is 0 Å². The smallest absolute Gasteiger partial charge is 0.124 e. The molecule has 0 unspecified atom stereocenters. The van der Waals surface area contributed by atoms with Gasteiger partial charge in [0.2, 0.25) is 0 Å². The quantitative estimate of drug-likeness (QED) is 0.792. The first-order valence-electron chi connectivity index (χ1n) is 4.56. The zero-order valence-electron chi connectivity index (χ0n) is 8.10. The summed E-state index contributed by atoms with van der Waals surface area (Å²) >= 11 is 0. The molecule has 0 amide bonds. The Balaban J connectivity index is 1.81. The van der Waals surface area contributed by atoms with E-state index in [9.17, 15) is 0 Å². The third-order valence-corrected chi connectivity index (χ3v) is 2.15. The number of hydrogen-bond acceptors (Lipinski definition) is 3. The van der Waals surface area contributed by atoms with Crippen LogP contribution in [0.15, 0.2) is 35.2 Å². The van der Waals surface area contributed by atoms with Gasteiger partial charge in [-0.1, -0.05) is 5.16 Å². The first-order chi connectivity index (χ1) is 6.86. The minimum absolute atomic E-state index is 0.738. The van der Waals surface area contributed by atoms with E-state index >= 15 is 0 Å². The lowest BCUT2D eigenvalue weighted by Gasteiger charge is -2.03. The molecule has 0 fully saturated rings. The van der Waals surface area contributed by atoms with Crippen molar-refractivity contribution in [3.05, 3.63) is 42.0 Å². The Kier molecular flexibility index (Phi) is 2.65. The van der Waals surface area contributed by atoms with Crippen LogP contribution in [0.1, 0.15) is 11.4 Å². The molecule has 0 aliphatic carbocycles. The molecule has 0 aliphatic heterocycles. The van der Waals surface area contributed by atoms with Gasteiger partial charge < -0.3 is 14.4 Å². The van der Waals surface area contributed by atoms with Crippen molar-refractivity contribution in [1.29, 1.82) is 0 Å². The van der Waals surface area contributed by atoms with Crippen molar-refractivity contribution < 1.29 is 4.52 Å². The van der Waals surface area contributed by atoms with Crippen molar-refractivity contribution in [1.82, 2.24) is 15.0 Å². The van der Waals surface area contributed by atoms with Crippen LogP contribution in [0.25, 0.3) is 0 Å². The van der Waals surface area contributed by atoms with Crippen molar-refractivity contribution in [2.45, 2.75) is 13.1 Å². The summed E-state index contributed by atoms with van der Waals surface area (Å²) in [6, 6.07) is 5.99. The van der Waals surface area contributed by atoms with E-state index in [2.05, 4.69) is 21.1 Å². The molecule has 2 heterocycles. The highest BCUT2D eigenvalue weighted by molar-refractivity contribution is 5.06. The first kappa shape index (κ1) is 9.02. The van der Waals surface area contributed by atoms with Crippen LogP contribution in [0.5, 0.6) is 0 Å². The molecule has 2 aromatic rings. The largest absolute Gasteiger partial charge is 0.364 e. The van der Waals surface area contributed by atoms with Crippen LogP contribution in [0, 0.1) is 0 Å². The standard InChI is InChI=1S/C10H13N3O/c1-13-5-2-3-10(13)8-11-7-9-4-6-14-12-9/h2-6,11H,7-8H2,1H3. The number of nitrogens with one attached hydrogen (secondary N) is 1.